The second-order valence-corrected chi connectivity index (χ2v) is 9.45. The van der Waals surface area contributed by atoms with Crippen LogP contribution in [0.5, 0.6) is 0 Å². The highest BCUT2D eigenvalue weighted by Crippen LogP contribution is 2.69. The van der Waals surface area contributed by atoms with E-state index in [1.54, 1.807) is 6.08 Å². The van der Waals surface area contributed by atoms with Gasteiger partial charge >= 0.3 is 0 Å². The van der Waals surface area contributed by atoms with Gasteiger partial charge in [-0.15, -0.1) is 11.6 Å². The van der Waals surface area contributed by atoms with Crippen LogP contribution in [0.3, 0.4) is 0 Å². The minimum Gasteiger partial charge on any atom is -0.391 e. The van der Waals surface area contributed by atoms with Crippen LogP contribution in [-0.2, 0) is 9.59 Å². The highest BCUT2D eigenvalue weighted by Gasteiger charge is 2.73. The summed E-state index contributed by atoms with van der Waals surface area (Å²) >= 11 is 7.17. The number of aliphatic hydroxyl groups excluding tert-OH is 1. The third kappa shape index (κ3) is 1.68. The van der Waals surface area contributed by atoms with Crippen LogP contribution in [0.4, 0.5) is 0 Å². The lowest BCUT2D eigenvalue weighted by Crippen LogP contribution is -2.73. The van der Waals surface area contributed by atoms with Gasteiger partial charge in [-0.2, -0.15) is 0 Å². The standard InChI is InChI=1S/C19H25ClO4/c1-16-10-15(23)19(20)13(12(16)3-4-14(16)22)6-8-18(24)9-11(21)5-7-17(18,19)2/h5,7,12-13,15,23-24H,3-4,6,8-10H2,1-2H3/t12-,13-,15?,16-,17-,18?,19-/m0/s1. The second kappa shape index (κ2) is 4.72. The molecular weight excluding hydrogens is 328 g/mol. The van der Waals surface area contributed by atoms with Gasteiger partial charge in [0.25, 0.3) is 0 Å². The number of hydrogen-bond donors (Lipinski definition) is 2. The Morgan fingerprint density at radius 2 is 1.92 bits per heavy atom. The Balaban J connectivity index is 1.86. The molecule has 2 unspecified atom stereocenters. The maximum atomic E-state index is 12.5. The zero-order chi connectivity index (χ0) is 17.5. The van der Waals surface area contributed by atoms with Gasteiger partial charge in [-0.1, -0.05) is 19.9 Å². The Hall–Kier alpha value is -0.710. The van der Waals surface area contributed by atoms with E-state index in [0.717, 1.165) is 6.42 Å². The quantitative estimate of drug-likeness (QED) is 0.656. The molecule has 4 aliphatic carbocycles. The molecule has 0 aliphatic heterocycles. The van der Waals surface area contributed by atoms with Crippen molar-refractivity contribution < 1.29 is 19.8 Å². The highest BCUT2D eigenvalue weighted by molar-refractivity contribution is 6.26. The molecule has 0 aromatic heterocycles. The number of ketones is 2. The maximum Gasteiger partial charge on any atom is 0.158 e. The van der Waals surface area contributed by atoms with Crippen molar-refractivity contribution >= 4 is 23.2 Å². The van der Waals surface area contributed by atoms with E-state index < -0.39 is 27.4 Å². The summed E-state index contributed by atoms with van der Waals surface area (Å²) < 4.78 is 0. The van der Waals surface area contributed by atoms with Gasteiger partial charge in [0, 0.05) is 23.7 Å². The predicted octanol–water partition coefficient (Wildman–Crippen LogP) is 2.39. The van der Waals surface area contributed by atoms with Crippen LogP contribution >= 0.6 is 11.6 Å². The summed E-state index contributed by atoms with van der Waals surface area (Å²) in [5.41, 5.74) is -2.62. The molecule has 0 radical (unpaired) electrons. The number of Topliss-reactive ketones (excluding diaryl/α,β-unsaturated/α-hetero) is 1. The van der Waals surface area contributed by atoms with Gasteiger partial charge in [0.05, 0.1) is 16.6 Å². The Morgan fingerprint density at radius 3 is 2.62 bits per heavy atom. The lowest BCUT2D eigenvalue weighted by atomic mass is 9.43. The van der Waals surface area contributed by atoms with E-state index in [2.05, 4.69) is 0 Å². The average Bonchev–Trinajstić information content (AvgIpc) is 2.78. The monoisotopic (exact) mass is 352 g/mol. The summed E-state index contributed by atoms with van der Waals surface area (Å²) in [6, 6.07) is 0. The maximum absolute atomic E-state index is 12.5. The molecule has 0 aromatic rings. The predicted molar refractivity (Wildman–Crippen MR) is 89.6 cm³/mol. The van der Waals surface area contributed by atoms with E-state index in [4.69, 9.17) is 11.6 Å². The number of allylic oxidation sites excluding steroid dienone is 1. The summed E-state index contributed by atoms with van der Waals surface area (Å²) in [5.74, 6) is 0.228. The molecule has 4 aliphatic rings. The second-order valence-electron chi connectivity index (χ2n) is 8.83. The van der Waals surface area contributed by atoms with Crippen molar-refractivity contribution in [3.05, 3.63) is 12.2 Å². The van der Waals surface area contributed by atoms with Crippen molar-refractivity contribution in [1.29, 1.82) is 0 Å². The third-order valence-corrected chi connectivity index (χ3v) is 8.89. The number of hydrogen-bond acceptors (Lipinski definition) is 4. The fourth-order valence-electron chi connectivity index (χ4n) is 6.41. The van der Waals surface area contributed by atoms with Crippen molar-refractivity contribution in [3.8, 4) is 0 Å². The van der Waals surface area contributed by atoms with Crippen LogP contribution in [0.15, 0.2) is 12.2 Å². The molecule has 3 saturated carbocycles. The van der Waals surface area contributed by atoms with Crippen LogP contribution < -0.4 is 0 Å². The van der Waals surface area contributed by atoms with Crippen LogP contribution in [0.1, 0.15) is 52.4 Å². The van der Waals surface area contributed by atoms with Crippen LogP contribution in [0.25, 0.3) is 0 Å². The topological polar surface area (TPSA) is 74.6 Å². The molecule has 2 N–H and O–H groups in total. The zero-order valence-corrected chi connectivity index (χ0v) is 15.0. The van der Waals surface area contributed by atoms with Gasteiger partial charge in [0.15, 0.2) is 5.78 Å². The van der Waals surface area contributed by atoms with Gasteiger partial charge in [-0.05, 0) is 43.6 Å². The summed E-state index contributed by atoms with van der Waals surface area (Å²) in [6.45, 7) is 3.84. The van der Waals surface area contributed by atoms with Crippen molar-refractivity contribution in [2.24, 2.45) is 22.7 Å². The SMILES string of the molecule is C[C@]12C=CC(=O)CC1(O)CC[C@H]1[C@@H]3CCC(=O)[C@@]3(C)CC(O)[C@@]12Cl. The molecule has 132 valence electrons. The number of rotatable bonds is 0. The number of alkyl halides is 1. The molecular formula is C19H25ClO4. The number of carbonyl (C=O) groups is 2. The zero-order valence-electron chi connectivity index (χ0n) is 14.2. The van der Waals surface area contributed by atoms with Crippen LogP contribution in [-0.4, -0.2) is 38.4 Å². The van der Waals surface area contributed by atoms with Gasteiger partial charge in [-0.25, -0.2) is 0 Å². The largest absolute Gasteiger partial charge is 0.391 e. The van der Waals surface area contributed by atoms with Crippen molar-refractivity contribution in [2.45, 2.75) is 69.0 Å². The first kappa shape index (κ1) is 16.7. The highest BCUT2D eigenvalue weighted by atomic mass is 35.5. The van der Waals surface area contributed by atoms with Gasteiger partial charge in [-0.3, -0.25) is 9.59 Å². The molecule has 0 saturated heterocycles. The molecule has 0 amide bonds. The molecule has 4 nitrogen and oxygen atoms in total. The number of halogens is 1. The van der Waals surface area contributed by atoms with Crippen molar-refractivity contribution in [2.75, 3.05) is 0 Å². The smallest absolute Gasteiger partial charge is 0.158 e. The number of aliphatic hydroxyl groups is 2. The minimum absolute atomic E-state index is 0.0394. The fourth-order valence-corrected chi connectivity index (χ4v) is 6.99. The first-order chi connectivity index (χ1) is 11.1. The fraction of sp³-hybridized carbons (Fsp3) is 0.789. The Labute approximate surface area is 147 Å². The molecule has 0 bridgehead atoms. The lowest BCUT2D eigenvalue weighted by molar-refractivity contribution is -0.189. The van der Waals surface area contributed by atoms with E-state index in [-0.39, 0.29) is 29.8 Å². The van der Waals surface area contributed by atoms with Gasteiger partial charge in [0.1, 0.15) is 5.78 Å². The lowest BCUT2D eigenvalue weighted by Gasteiger charge is -2.66. The number of fused-ring (bicyclic) bond motifs is 5. The van der Waals surface area contributed by atoms with E-state index in [1.165, 1.54) is 6.08 Å². The van der Waals surface area contributed by atoms with Crippen molar-refractivity contribution in [1.82, 2.24) is 0 Å². The summed E-state index contributed by atoms with van der Waals surface area (Å²) in [5, 5.41) is 22.3. The summed E-state index contributed by atoms with van der Waals surface area (Å²) in [4.78, 5) is 23.3. The van der Waals surface area contributed by atoms with E-state index in [1.807, 2.05) is 13.8 Å². The first-order valence-corrected chi connectivity index (χ1v) is 9.31. The molecule has 3 fully saturated rings. The normalized spacial score (nSPS) is 56.6. The molecule has 0 aromatic carbocycles. The molecule has 0 heterocycles. The Bertz CT molecular complexity index is 660. The summed E-state index contributed by atoms with van der Waals surface area (Å²) in [6.07, 6.45) is 5.20. The van der Waals surface area contributed by atoms with Gasteiger partial charge in [0.2, 0.25) is 0 Å². The van der Waals surface area contributed by atoms with E-state index in [9.17, 15) is 19.8 Å². The minimum atomic E-state index is -1.23. The molecule has 24 heavy (non-hydrogen) atoms. The third-order valence-electron chi connectivity index (χ3n) is 7.97. The Kier molecular flexibility index (Phi) is 3.29. The van der Waals surface area contributed by atoms with Crippen LogP contribution in [0.2, 0.25) is 0 Å². The van der Waals surface area contributed by atoms with E-state index >= 15 is 0 Å². The van der Waals surface area contributed by atoms with Gasteiger partial charge < -0.3 is 10.2 Å². The molecule has 5 heteroatoms. The summed E-state index contributed by atoms with van der Waals surface area (Å²) in [7, 11) is 0. The number of carbonyl (C=O) groups excluding carboxylic acids is 2. The molecule has 0 spiro atoms. The average molecular weight is 353 g/mol. The molecule has 4 rings (SSSR count). The first-order valence-electron chi connectivity index (χ1n) is 8.93. The van der Waals surface area contributed by atoms with Crippen molar-refractivity contribution in [3.63, 3.8) is 0 Å². The van der Waals surface area contributed by atoms with E-state index in [0.29, 0.717) is 25.7 Å². The molecule has 7 atom stereocenters. The Morgan fingerprint density at radius 1 is 1.21 bits per heavy atom. The van der Waals surface area contributed by atoms with Crippen LogP contribution in [0, 0.1) is 22.7 Å².